The van der Waals surface area contributed by atoms with Gasteiger partial charge < -0.3 is 10.2 Å². The predicted octanol–water partition coefficient (Wildman–Crippen LogP) is 3.33. The van der Waals surface area contributed by atoms with E-state index in [0.717, 1.165) is 25.9 Å². The maximum atomic E-state index is 14.0. The number of nitrogens with zero attached hydrogens (tertiary/aromatic N) is 1. The molecule has 5 heteroatoms. The second kappa shape index (κ2) is 7.23. The van der Waals surface area contributed by atoms with E-state index in [-0.39, 0.29) is 22.5 Å². The first kappa shape index (κ1) is 16.2. The molecule has 1 saturated heterocycles. The minimum atomic E-state index is -0.552. The van der Waals surface area contributed by atoms with Crippen molar-refractivity contribution in [2.75, 3.05) is 19.6 Å². The third-order valence-electron chi connectivity index (χ3n) is 3.97. The molecular weight excluding hydrogens is 291 g/mol. The summed E-state index contributed by atoms with van der Waals surface area (Å²) in [5, 5.41) is 3.49. The van der Waals surface area contributed by atoms with E-state index in [1.54, 1.807) is 11.0 Å². The summed E-state index contributed by atoms with van der Waals surface area (Å²) in [5.41, 5.74) is -0.0122. The van der Waals surface area contributed by atoms with Gasteiger partial charge in [0.25, 0.3) is 5.91 Å². The van der Waals surface area contributed by atoms with Crippen LogP contribution in [0.5, 0.6) is 0 Å². The van der Waals surface area contributed by atoms with Gasteiger partial charge in [0.05, 0.1) is 10.6 Å². The van der Waals surface area contributed by atoms with Crippen LogP contribution in [0.3, 0.4) is 0 Å². The van der Waals surface area contributed by atoms with Gasteiger partial charge in [-0.3, -0.25) is 4.79 Å². The maximum Gasteiger partial charge on any atom is 0.258 e. The van der Waals surface area contributed by atoms with Crippen molar-refractivity contribution in [1.82, 2.24) is 10.2 Å². The van der Waals surface area contributed by atoms with E-state index >= 15 is 0 Å². The first-order valence-electron chi connectivity index (χ1n) is 7.46. The molecule has 1 N–H and O–H groups in total. The van der Waals surface area contributed by atoms with E-state index < -0.39 is 5.82 Å². The number of carbonyl (C=O) groups excluding carboxylic acids is 1. The van der Waals surface area contributed by atoms with Crippen molar-refractivity contribution in [2.24, 2.45) is 5.92 Å². The first-order chi connectivity index (χ1) is 10.0. The van der Waals surface area contributed by atoms with Crippen molar-refractivity contribution in [3.05, 3.63) is 34.6 Å². The average molecular weight is 313 g/mol. The Bertz CT molecular complexity index is 481. The van der Waals surface area contributed by atoms with Crippen LogP contribution in [-0.4, -0.2) is 36.5 Å². The maximum absolute atomic E-state index is 14.0. The largest absolute Gasteiger partial charge is 0.336 e. The second-order valence-corrected chi connectivity index (χ2v) is 6.25. The van der Waals surface area contributed by atoms with Crippen molar-refractivity contribution in [1.29, 1.82) is 0 Å². The van der Waals surface area contributed by atoms with Crippen molar-refractivity contribution in [2.45, 2.75) is 32.7 Å². The molecular formula is C16H22ClFN2O. The summed E-state index contributed by atoms with van der Waals surface area (Å²) < 4.78 is 14.0. The van der Waals surface area contributed by atoms with E-state index in [0.29, 0.717) is 12.5 Å². The molecule has 0 bridgehead atoms. The molecule has 1 heterocycles. The Hall–Kier alpha value is -1.13. The zero-order valence-electron chi connectivity index (χ0n) is 12.5. The Kier molecular flexibility index (Phi) is 5.59. The molecule has 116 valence electrons. The smallest absolute Gasteiger partial charge is 0.258 e. The van der Waals surface area contributed by atoms with Crippen LogP contribution in [0.15, 0.2) is 18.2 Å². The summed E-state index contributed by atoms with van der Waals surface area (Å²) >= 11 is 6.02. The number of benzene rings is 1. The molecule has 0 radical (unpaired) electrons. The molecule has 1 fully saturated rings. The molecule has 0 unspecified atom stereocenters. The molecule has 1 amide bonds. The van der Waals surface area contributed by atoms with Gasteiger partial charge in [-0.25, -0.2) is 4.39 Å². The van der Waals surface area contributed by atoms with Gasteiger partial charge in [-0.15, -0.1) is 0 Å². The van der Waals surface area contributed by atoms with Crippen LogP contribution in [0.25, 0.3) is 0 Å². The number of rotatable bonds is 4. The van der Waals surface area contributed by atoms with E-state index in [1.165, 1.54) is 12.1 Å². The van der Waals surface area contributed by atoms with Crippen LogP contribution in [0.2, 0.25) is 5.02 Å². The van der Waals surface area contributed by atoms with Crippen molar-refractivity contribution >= 4 is 17.5 Å². The van der Waals surface area contributed by atoms with Gasteiger partial charge in [0, 0.05) is 12.6 Å². The van der Waals surface area contributed by atoms with Gasteiger partial charge in [0.2, 0.25) is 0 Å². The molecule has 1 aliphatic heterocycles. The highest BCUT2D eigenvalue weighted by Crippen LogP contribution is 2.23. The lowest BCUT2D eigenvalue weighted by molar-refractivity contribution is 0.0653. The highest BCUT2D eigenvalue weighted by atomic mass is 35.5. The minimum absolute atomic E-state index is 0.0122. The Morgan fingerprint density at radius 3 is 2.67 bits per heavy atom. The lowest BCUT2D eigenvalue weighted by Gasteiger charge is -2.33. The van der Waals surface area contributed by atoms with Crippen LogP contribution in [0.1, 0.15) is 37.0 Å². The van der Waals surface area contributed by atoms with Crippen molar-refractivity contribution < 1.29 is 9.18 Å². The summed E-state index contributed by atoms with van der Waals surface area (Å²) in [6, 6.07) is 4.37. The van der Waals surface area contributed by atoms with Crippen molar-refractivity contribution in [3.8, 4) is 0 Å². The molecule has 1 aromatic carbocycles. The quantitative estimate of drug-likeness (QED) is 0.925. The fourth-order valence-electron chi connectivity index (χ4n) is 2.72. The molecule has 0 aliphatic carbocycles. The topological polar surface area (TPSA) is 32.3 Å². The van der Waals surface area contributed by atoms with Gasteiger partial charge >= 0.3 is 0 Å². The summed E-state index contributed by atoms with van der Waals surface area (Å²) in [7, 11) is 0. The molecule has 0 aromatic heterocycles. The zero-order valence-corrected chi connectivity index (χ0v) is 13.3. The fraction of sp³-hybridized carbons (Fsp3) is 0.562. The Morgan fingerprint density at radius 1 is 1.43 bits per heavy atom. The van der Waals surface area contributed by atoms with Gasteiger partial charge in [-0.2, -0.15) is 0 Å². The standard InChI is InChI=1S/C16H22ClFN2O/c1-11(2)20(10-12-6-8-19-9-7-12)16(21)15-13(17)4-3-5-14(15)18/h3-5,11-12,19H,6-10H2,1-2H3. The van der Waals surface area contributed by atoms with E-state index in [2.05, 4.69) is 5.32 Å². The highest BCUT2D eigenvalue weighted by molar-refractivity contribution is 6.33. The number of halogens is 2. The molecule has 3 nitrogen and oxygen atoms in total. The molecule has 0 spiro atoms. The number of amides is 1. The molecule has 2 rings (SSSR count). The molecule has 0 saturated carbocycles. The number of nitrogens with one attached hydrogen (secondary N) is 1. The monoisotopic (exact) mass is 312 g/mol. The highest BCUT2D eigenvalue weighted by Gasteiger charge is 2.27. The summed E-state index contributed by atoms with van der Waals surface area (Å²) in [5.74, 6) is -0.404. The molecule has 1 aliphatic rings. The third-order valence-corrected chi connectivity index (χ3v) is 4.29. The number of carbonyl (C=O) groups is 1. The minimum Gasteiger partial charge on any atom is -0.336 e. The molecule has 1 aromatic rings. The average Bonchev–Trinajstić information content (AvgIpc) is 2.45. The van der Waals surface area contributed by atoms with E-state index in [9.17, 15) is 9.18 Å². The van der Waals surface area contributed by atoms with Crippen molar-refractivity contribution in [3.63, 3.8) is 0 Å². The summed E-state index contributed by atoms with van der Waals surface area (Å²) in [6.45, 7) is 6.51. The number of piperidine rings is 1. The number of hydrogen-bond donors (Lipinski definition) is 1. The van der Waals surface area contributed by atoms with Crippen LogP contribution in [-0.2, 0) is 0 Å². The van der Waals surface area contributed by atoms with Crippen LogP contribution >= 0.6 is 11.6 Å². The SMILES string of the molecule is CC(C)N(CC1CCNCC1)C(=O)c1c(F)cccc1Cl. The van der Waals surface area contributed by atoms with E-state index in [4.69, 9.17) is 11.6 Å². The Labute approximate surface area is 130 Å². The predicted molar refractivity (Wildman–Crippen MR) is 83.2 cm³/mol. The van der Waals surface area contributed by atoms with Gasteiger partial charge in [-0.1, -0.05) is 17.7 Å². The number of hydrogen-bond acceptors (Lipinski definition) is 2. The van der Waals surface area contributed by atoms with Gasteiger partial charge in [0.15, 0.2) is 0 Å². The zero-order chi connectivity index (χ0) is 15.4. The third kappa shape index (κ3) is 3.95. The van der Waals surface area contributed by atoms with Gasteiger partial charge in [-0.05, 0) is 57.8 Å². The lowest BCUT2D eigenvalue weighted by atomic mass is 9.96. The van der Waals surface area contributed by atoms with Crippen LogP contribution in [0.4, 0.5) is 4.39 Å². The van der Waals surface area contributed by atoms with Crippen LogP contribution < -0.4 is 5.32 Å². The summed E-state index contributed by atoms with van der Waals surface area (Å²) in [4.78, 5) is 14.4. The first-order valence-corrected chi connectivity index (χ1v) is 7.84. The van der Waals surface area contributed by atoms with Crippen LogP contribution in [0, 0.1) is 11.7 Å². The van der Waals surface area contributed by atoms with E-state index in [1.807, 2.05) is 13.8 Å². The normalized spacial score (nSPS) is 16.2. The fourth-order valence-corrected chi connectivity index (χ4v) is 2.96. The lowest BCUT2D eigenvalue weighted by Crippen LogP contribution is -2.43. The molecule has 21 heavy (non-hydrogen) atoms. The Balaban J connectivity index is 2.19. The summed E-state index contributed by atoms with van der Waals surface area (Å²) in [6.07, 6.45) is 2.09. The molecule has 0 atom stereocenters. The second-order valence-electron chi connectivity index (χ2n) is 5.84. The van der Waals surface area contributed by atoms with Gasteiger partial charge in [0.1, 0.15) is 5.82 Å². The Morgan fingerprint density at radius 2 is 2.10 bits per heavy atom.